The Morgan fingerprint density at radius 1 is 0.483 bits per heavy atom. The molecular weight excluding hydrogens is 356 g/mol. The van der Waals surface area contributed by atoms with Gasteiger partial charge in [-0.25, -0.2) is 0 Å². The van der Waals surface area contributed by atoms with Crippen LogP contribution in [-0.4, -0.2) is 20.2 Å². The van der Waals surface area contributed by atoms with Crippen molar-refractivity contribution < 1.29 is 0 Å². The summed E-state index contributed by atoms with van der Waals surface area (Å²) in [6, 6.07) is 37.0. The van der Waals surface area contributed by atoms with Crippen LogP contribution in [0.3, 0.4) is 0 Å². The molecule has 1 aromatic heterocycles. The van der Waals surface area contributed by atoms with Gasteiger partial charge in [0, 0.05) is 11.1 Å². The summed E-state index contributed by atoms with van der Waals surface area (Å²) in [4.78, 5) is 0. The van der Waals surface area contributed by atoms with Crippen molar-refractivity contribution in [2.75, 3.05) is 0 Å². The van der Waals surface area contributed by atoms with E-state index in [-0.39, 0.29) is 0 Å². The second kappa shape index (κ2) is 7.52. The lowest BCUT2D eigenvalue weighted by Gasteiger charge is -2.13. The Bertz CT molecular complexity index is 1150. The van der Waals surface area contributed by atoms with Crippen molar-refractivity contribution in [3.05, 3.63) is 109 Å². The molecule has 0 N–H and O–H groups in total. The zero-order chi connectivity index (χ0) is 19.5. The first kappa shape index (κ1) is 17.1. The Morgan fingerprint density at radius 3 is 1.69 bits per heavy atom. The molecular formula is C25H18N4. The van der Waals surface area contributed by atoms with E-state index in [4.69, 9.17) is 0 Å². The van der Waals surface area contributed by atoms with E-state index in [1.54, 1.807) is 0 Å². The minimum absolute atomic E-state index is 0.716. The molecule has 4 nitrogen and oxygen atoms in total. The fourth-order valence-corrected chi connectivity index (χ4v) is 3.59. The first-order valence-corrected chi connectivity index (χ1v) is 9.50. The molecule has 5 rings (SSSR count). The van der Waals surface area contributed by atoms with Crippen LogP contribution in [0.4, 0.5) is 0 Å². The molecule has 0 radical (unpaired) electrons. The second-order valence-corrected chi connectivity index (χ2v) is 6.71. The van der Waals surface area contributed by atoms with Crippen LogP contribution >= 0.6 is 0 Å². The summed E-state index contributed by atoms with van der Waals surface area (Å²) in [6.07, 6.45) is 0. The predicted molar refractivity (Wildman–Crippen MR) is 115 cm³/mol. The van der Waals surface area contributed by atoms with E-state index in [2.05, 4.69) is 58.0 Å². The van der Waals surface area contributed by atoms with Crippen molar-refractivity contribution in [2.45, 2.75) is 0 Å². The topological polar surface area (TPSA) is 43.6 Å². The highest BCUT2D eigenvalue weighted by Crippen LogP contribution is 2.33. The molecule has 0 fully saturated rings. The molecule has 0 aliphatic rings. The lowest BCUT2D eigenvalue weighted by atomic mass is 9.99. The lowest BCUT2D eigenvalue weighted by Crippen LogP contribution is -2.02. The van der Waals surface area contributed by atoms with E-state index < -0.39 is 0 Å². The van der Waals surface area contributed by atoms with Gasteiger partial charge in [0.15, 0.2) is 5.82 Å². The maximum absolute atomic E-state index is 4.39. The van der Waals surface area contributed by atoms with Crippen molar-refractivity contribution in [3.8, 4) is 39.3 Å². The van der Waals surface area contributed by atoms with Crippen molar-refractivity contribution in [2.24, 2.45) is 0 Å². The van der Waals surface area contributed by atoms with Gasteiger partial charge < -0.3 is 0 Å². The largest absolute Gasteiger partial charge is 0.192 e. The van der Waals surface area contributed by atoms with E-state index in [1.165, 1.54) is 0 Å². The molecule has 0 atom stereocenters. The number of tetrazole rings is 1. The molecule has 138 valence electrons. The molecule has 0 saturated heterocycles. The number of nitrogens with zero attached hydrogens (tertiary/aromatic N) is 4. The van der Waals surface area contributed by atoms with Gasteiger partial charge in [0.05, 0.1) is 5.69 Å². The predicted octanol–water partition coefficient (Wildman–Crippen LogP) is 5.66. The minimum atomic E-state index is 0.716. The summed E-state index contributed by atoms with van der Waals surface area (Å²) in [5.74, 6) is 0.716. The van der Waals surface area contributed by atoms with Gasteiger partial charge in [-0.05, 0) is 33.2 Å². The van der Waals surface area contributed by atoms with Crippen molar-refractivity contribution in [1.29, 1.82) is 0 Å². The minimum Gasteiger partial charge on any atom is -0.192 e. The Hall–Kier alpha value is -4.05. The van der Waals surface area contributed by atoms with Gasteiger partial charge in [0.1, 0.15) is 0 Å². The molecule has 0 unspecified atom stereocenters. The maximum atomic E-state index is 4.39. The van der Waals surface area contributed by atoms with Crippen LogP contribution in [0.5, 0.6) is 0 Å². The van der Waals surface area contributed by atoms with Gasteiger partial charge in [-0.15, -0.1) is 5.10 Å². The van der Waals surface area contributed by atoms with Crippen LogP contribution in [0.1, 0.15) is 0 Å². The zero-order valence-electron chi connectivity index (χ0n) is 15.7. The van der Waals surface area contributed by atoms with Gasteiger partial charge in [-0.1, -0.05) is 103 Å². The third-order valence-electron chi connectivity index (χ3n) is 4.94. The Labute approximate surface area is 169 Å². The molecule has 0 aliphatic heterocycles. The molecule has 0 bridgehead atoms. The molecule has 4 aromatic carbocycles. The van der Waals surface area contributed by atoms with Crippen LogP contribution in [-0.2, 0) is 0 Å². The third-order valence-corrected chi connectivity index (χ3v) is 4.94. The van der Waals surface area contributed by atoms with Crippen LogP contribution in [0.2, 0.25) is 0 Å². The zero-order valence-corrected chi connectivity index (χ0v) is 15.7. The van der Waals surface area contributed by atoms with E-state index in [9.17, 15) is 0 Å². The van der Waals surface area contributed by atoms with E-state index in [1.807, 2.05) is 71.4 Å². The molecule has 0 spiro atoms. The van der Waals surface area contributed by atoms with Gasteiger partial charge in [0.25, 0.3) is 0 Å². The highest BCUT2D eigenvalue weighted by Gasteiger charge is 2.17. The number of para-hydroxylation sites is 1. The first-order chi connectivity index (χ1) is 14.4. The molecule has 4 heteroatoms. The number of rotatable bonds is 4. The van der Waals surface area contributed by atoms with Gasteiger partial charge in [-0.3, -0.25) is 0 Å². The van der Waals surface area contributed by atoms with Gasteiger partial charge >= 0.3 is 0 Å². The number of aromatic nitrogens is 4. The van der Waals surface area contributed by atoms with Crippen LogP contribution in [0.25, 0.3) is 39.3 Å². The Kier molecular flexibility index (Phi) is 4.43. The Morgan fingerprint density at radius 2 is 1.00 bits per heavy atom. The maximum Gasteiger partial charge on any atom is 0.187 e. The Balaban J connectivity index is 1.69. The number of hydrogen-bond donors (Lipinski definition) is 0. The van der Waals surface area contributed by atoms with Gasteiger partial charge in [-0.2, -0.15) is 4.68 Å². The van der Waals surface area contributed by atoms with Crippen molar-refractivity contribution in [1.82, 2.24) is 20.2 Å². The lowest BCUT2D eigenvalue weighted by molar-refractivity contribution is 0.792. The summed E-state index contributed by atoms with van der Waals surface area (Å²) in [7, 11) is 0. The smallest absolute Gasteiger partial charge is 0.187 e. The SMILES string of the molecule is c1ccc(-c2ccccc2-c2nnnn2-c2ccccc2-c2ccccc2)cc1. The fraction of sp³-hybridized carbons (Fsp3) is 0. The van der Waals surface area contributed by atoms with Crippen LogP contribution < -0.4 is 0 Å². The van der Waals surface area contributed by atoms with Crippen molar-refractivity contribution in [3.63, 3.8) is 0 Å². The van der Waals surface area contributed by atoms with Crippen molar-refractivity contribution >= 4 is 0 Å². The molecule has 1 heterocycles. The fourth-order valence-electron chi connectivity index (χ4n) is 3.59. The van der Waals surface area contributed by atoms with E-state index in [0.717, 1.165) is 33.5 Å². The number of benzene rings is 4. The van der Waals surface area contributed by atoms with Crippen LogP contribution in [0.15, 0.2) is 109 Å². The quantitative estimate of drug-likeness (QED) is 0.407. The van der Waals surface area contributed by atoms with E-state index >= 15 is 0 Å². The summed E-state index contributed by atoms with van der Waals surface area (Å²) >= 11 is 0. The normalized spacial score (nSPS) is 10.8. The summed E-state index contributed by atoms with van der Waals surface area (Å²) < 4.78 is 1.82. The standard InChI is InChI=1S/C25H18N4/c1-3-11-19(12-4-1)21-15-7-8-17-23(21)25-26-27-28-29(25)24-18-10-9-16-22(24)20-13-5-2-6-14-20/h1-18H. The second-order valence-electron chi connectivity index (χ2n) is 6.71. The molecule has 5 aromatic rings. The summed E-state index contributed by atoms with van der Waals surface area (Å²) in [5, 5.41) is 12.7. The number of hydrogen-bond acceptors (Lipinski definition) is 3. The molecule has 0 saturated carbocycles. The van der Waals surface area contributed by atoms with Gasteiger partial charge in [0.2, 0.25) is 0 Å². The average Bonchev–Trinajstić information content (AvgIpc) is 3.30. The average molecular weight is 374 g/mol. The summed E-state index contributed by atoms with van der Waals surface area (Å²) in [6.45, 7) is 0. The molecule has 29 heavy (non-hydrogen) atoms. The summed E-state index contributed by atoms with van der Waals surface area (Å²) in [5.41, 5.74) is 6.38. The molecule has 0 amide bonds. The highest BCUT2D eigenvalue weighted by atomic mass is 15.5. The van der Waals surface area contributed by atoms with E-state index in [0.29, 0.717) is 5.82 Å². The first-order valence-electron chi connectivity index (χ1n) is 9.50. The highest BCUT2D eigenvalue weighted by molar-refractivity contribution is 5.82. The third kappa shape index (κ3) is 3.21. The monoisotopic (exact) mass is 374 g/mol. The van der Waals surface area contributed by atoms with Crippen LogP contribution in [0, 0.1) is 0 Å². The molecule has 0 aliphatic carbocycles.